The molecule has 0 saturated heterocycles. The molecule has 0 aliphatic heterocycles. The van der Waals surface area contributed by atoms with Gasteiger partial charge >= 0.3 is 0 Å². The number of primary amides is 1. The molecule has 0 unspecified atom stereocenters. The predicted octanol–water partition coefficient (Wildman–Crippen LogP) is 4.69. The van der Waals surface area contributed by atoms with Crippen molar-refractivity contribution in [1.29, 1.82) is 0 Å². The Morgan fingerprint density at radius 2 is 1.94 bits per heavy atom. The lowest BCUT2D eigenvalue weighted by atomic mass is 9.55. The van der Waals surface area contributed by atoms with E-state index in [1.54, 1.807) is 19.2 Å². The molecule has 0 aromatic heterocycles. The first-order valence-corrected chi connectivity index (χ1v) is 11.5. The Bertz CT molecular complexity index is 1030. The van der Waals surface area contributed by atoms with Crippen LogP contribution in [0.15, 0.2) is 42.5 Å². The molecule has 2 aromatic rings. The van der Waals surface area contributed by atoms with Crippen molar-refractivity contribution in [2.45, 2.75) is 51.4 Å². The summed E-state index contributed by atoms with van der Waals surface area (Å²) >= 11 is 0. The Hall–Kier alpha value is -2.62. The molecule has 162 valence electrons. The van der Waals surface area contributed by atoms with E-state index in [1.807, 2.05) is 12.1 Å². The molecule has 0 bridgehead atoms. The van der Waals surface area contributed by atoms with E-state index in [1.165, 1.54) is 17.5 Å². The van der Waals surface area contributed by atoms with Gasteiger partial charge in [0.2, 0.25) is 5.91 Å². The lowest BCUT2D eigenvalue weighted by molar-refractivity contribution is -0.131. The van der Waals surface area contributed by atoms with Crippen LogP contribution in [0.1, 0.15) is 65.6 Å². The lowest BCUT2D eigenvalue weighted by Gasteiger charge is -2.48. The Morgan fingerprint density at radius 1 is 1.16 bits per heavy atom. The van der Waals surface area contributed by atoms with Crippen molar-refractivity contribution >= 4 is 11.7 Å². The lowest BCUT2D eigenvalue weighted by Crippen LogP contribution is -2.42. The van der Waals surface area contributed by atoms with E-state index in [9.17, 15) is 9.59 Å². The minimum atomic E-state index is -0.414. The van der Waals surface area contributed by atoms with Gasteiger partial charge in [-0.05, 0) is 97.2 Å². The zero-order chi connectivity index (χ0) is 21.8. The number of aryl methyl sites for hydroxylation is 1. The second kappa shape index (κ2) is 7.51. The number of Topliss-reactive ketones (excluding diaryl/α,β-unsaturated/α-hetero) is 1. The van der Waals surface area contributed by atoms with E-state index in [4.69, 9.17) is 10.5 Å². The molecular formula is C27H31NO3. The minimum absolute atomic E-state index is 0.0745. The van der Waals surface area contributed by atoms with Crippen LogP contribution < -0.4 is 10.5 Å². The van der Waals surface area contributed by atoms with Crippen molar-refractivity contribution in [2.24, 2.45) is 28.9 Å². The zero-order valence-corrected chi connectivity index (χ0v) is 18.4. The maximum atomic E-state index is 13.6. The number of carbonyl (C=O) groups excluding carboxylic acids is 2. The van der Waals surface area contributed by atoms with Crippen LogP contribution in [0.2, 0.25) is 0 Å². The van der Waals surface area contributed by atoms with Crippen LogP contribution in [0.3, 0.4) is 0 Å². The van der Waals surface area contributed by atoms with Gasteiger partial charge in [0.25, 0.3) is 0 Å². The molecule has 2 aromatic carbocycles. The average Bonchev–Trinajstić information content (AvgIpc) is 3.04. The number of hydrogen-bond donors (Lipinski definition) is 1. The van der Waals surface area contributed by atoms with Crippen LogP contribution in [0.25, 0.3) is 0 Å². The number of ketones is 1. The van der Waals surface area contributed by atoms with Crippen molar-refractivity contribution in [1.82, 2.24) is 0 Å². The largest absolute Gasteiger partial charge is 0.497 e. The van der Waals surface area contributed by atoms with E-state index in [-0.39, 0.29) is 11.3 Å². The number of benzene rings is 2. The van der Waals surface area contributed by atoms with Crippen LogP contribution >= 0.6 is 0 Å². The van der Waals surface area contributed by atoms with Gasteiger partial charge in [0.05, 0.1) is 7.11 Å². The number of fused-ring (bicyclic) bond motifs is 5. The molecule has 2 fully saturated rings. The van der Waals surface area contributed by atoms with E-state index in [0.29, 0.717) is 29.1 Å². The van der Waals surface area contributed by atoms with E-state index >= 15 is 0 Å². The number of methoxy groups -OCH3 is 1. The Labute approximate surface area is 184 Å². The number of rotatable bonds is 4. The third kappa shape index (κ3) is 3.28. The summed E-state index contributed by atoms with van der Waals surface area (Å²) in [5, 5.41) is 0. The normalized spacial score (nSPS) is 31.5. The van der Waals surface area contributed by atoms with E-state index in [2.05, 4.69) is 25.1 Å². The van der Waals surface area contributed by atoms with Gasteiger partial charge in [-0.25, -0.2) is 0 Å². The number of nitrogens with two attached hydrogens (primary N) is 1. The van der Waals surface area contributed by atoms with E-state index < -0.39 is 5.91 Å². The molecule has 0 spiro atoms. The molecule has 2 saturated carbocycles. The van der Waals surface area contributed by atoms with Gasteiger partial charge in [-0.15, -0.1) is 0 Å². The summed E-state index contributed by atoms with van der Waals surface area (Å²) in [5.74, 6) is 2.67. The van der Waals surface area contributed by atoms with E-state index in [0.717, 1.165) is 43.4 Å². The minimum Gasteiger partial charge on any atom is -0.497 e. The smallest absolute Gasteiger partial charge is 0.248 e. The van der Waals surface area contributed by atoms with Gasteiger partial charge in [0.15, 0.2) is 0 Å². The maximum Gasteiger partial charge on any atom is 0.248 e. The first-order valence-electron chi connectivity index (χ1n) is 11.5. The molecule has 31 heavy (non-hydrogen) atoms. The summed E-state index contributed by atoms with van der Waals surface area (Å²) in [6.07, 6.45) is 6.07. The summed E-state index contributed by atoms with van der Waals surface area (Å²) in [6.45, 7) is 2.23. The van der Waals surface area contributed by atoms with Crippen LogP contribution in [-0.4, -0.2) is 18.8 Å². The number of amides is 1. The van der Waals surface area contributed by atoms with Gasteiger partial charge in [-0.1, -0.05) is 25.1 Å². The van der Waals surface area contributed by atoms with Crippen LogP contribution in [0.4, 0.5) is 0 Å². The van der Waals surface area contributed by atoms with Gasteiger partial charge in [-0.2, -0.15) is 0 Å². The molecule has 3 aliphatic rings. The number of hydrogen-bond acceptors (Lipinski definition) is 3. The summed E-state index contributed by atoms with van der Waals surface area (Å²) in [4.78, 5) is 24.9. The Morgan fingerprint density at radius 3 is 2.65 bits per heavy atom. The van der Waals surface area contributed by atoms with Gasteiger partial charge in [-0.3, -0.25) is 9.59 Å². The monoisotopic (exact) mass is 417 g/mol. The fourth-order valence-electron chi connectivity index (χ4n) is 6.89. The summed E-state index contributed by atoms with van der Waals surface area (Å²) in [5.41, 5.74) is 9.71. The molecule has 5 rings (SSSR count). The second-order valence-electron chi connectivity index (χ2n) is 10.00. The highest BCUT2D eigenvalue weighted by molar-refractivity contribution is 5.93. The summed E-state index contributed by atoms with van der Waals surface area (Å²) in [7, 11) is 1.73. The molecule has 3 aliphatic carbocycles. The zero-order valence-electron chi connectivity index (χ0n) is 18.4. The van der Waals surface area contributed by atoms with Crippen LogP contribution in [0, 0.1) is 23.2 Å². The average molecular weight is 418 g/mol. The molecular weight excluding hydrogens is 386 g/mol. The first-order chi connectivity index (χ1) is 14.9. The van der Waals surface area contributed by atoms with Crippen molar-refractivity contribution in [3.05, 3.63) is 64.7 Å². The quantitative estimate of drug-likeness (QED) is 0.785. The molecule has 4 nitrogen and oxygen atoms in total. The topological polar surface area (TPSA) is 69.4 Å². The van der Waals surface area contributed by atoms with Crippen molar-refractivity contribution in [3.63, 3.8) is 0 Å². The van der Waals surface area contributed by atoms with Crippen LogP contribution in [0.5, 0.6) is 5.75 Å². The van der Waals surface area contributed by atoms with Crippen molar-refractivity contribution in [2.75, 3.05) is 7.11 Å². The molecule has 2 N–H and O–H groups in total. The van der Waals surface area contributed by atoms with Gasteiger partial charge in [0, 0.05) is 16.9 Å². The predicted molar refractivity (Wildman–Crippen MR) is 120 cm³/mol. The Kier molecular flexibility index (Phi) is 4.91. The first kappa shape index (κ1) is 20.3. The van der Waals surface area contributed by atoms with Crippen molar-refractivity contribution in [3.8, 4) is 5.75 Å². The number of ether oxygens (including phenoxy) is 1. The third-order valence-electron chi connectivity index (χ3n) is 8.52. The number of carbonyl (C=O) groups is 2. The highest BCUT2D eigenvalue weighted by Crippen LogP contribution is 2.61. The third-order valence-corrected chi connectivity index (χ3v) is 8.52. The van der Waals surface area contributed by atoms with Gasteiger partial charge in [0.1, 0.15) is 11.5 Å². The molecule has 1 amide bonds. The fraction of sp³-hybridized carbons (Fsp3) is 0.481. The van der Waals surface area contributed by atoms with Crippen molar-refractivity contribution < 1.29 is 14.3 Å². The summed E-state index contributed by atoms with van der Waals surface area (Å²) in [6, 6.07) is 14.0. The van der Waals surface area contributed by atoms with Crippen LogP contribution in [-0.2, 0) is 17.6 Å². The molecule has 5 atom stereocenters. The van der Waals surface area contributed by atoms with Gasteiger partial charge < -0.3 is 10.5 Å². The summed E-state index contributed by atoms with van der Waals surface area (Å²) < 4.78 is 5.44. The second-order valence-corrected chi connectivity index (χ2v) is 10.00. The molecule has 0 radical (unpaired) electrons. The highest BCUT2D eigenvalue weighted by Gasteiger charge is 2.57. The fourth-order valence-corrected chi connectivity index (χ4v) is 6.89. The molecule has 0 heterocycles. The molecule has 4 heteroatoms. The SMILES string of the molecule is COc1ccc2c(c1)CC[C@@H]1[C@@H]2CC[C@]2(C)C(=O)[C@@H](Cc3ccc(C(N)=O)cc3)C[C@@H]12. The standard InChI is InChI=1S/C27H31NO3/c1-27-12-11-22-21-10-8-20(31-2)14-18(21)7-9-23(22)24(27)15-19(25(27)29)13-16-3-5-17(6-4-16)26(28)30/h3-6,8,10,14,19,22-24H,7,9,11-13,15H2,1-2H3,(H2,28,30)/t19-,22+,23+,24-,27-/m0/s1. The highest BCUT2D eigenvalue weighted by atomic mass is 16.5. The Balaban J connectivity index is 1.38. The maximum absolute atomic E-state index is 13.6.